The first-order valence-corrected chi connectivity index (χ1v) is 16.0. The number of benzene rings is 2. The first-order chi connectivity index (χ1) is 21.5. The van der Waals surface area contributed by atoms with E-state index in [1.165, 1.54) is 4.90 Å². The molecule has 0 unspecified atom stereocenters. The van der Waals surface area contributed by atoms with Gasteiger partial charge in [0.05, 0.1) is 23.8 Å². The van der Waals surface area contributed by atoms with E-state index >= 15 is 0 Å². The number of halogens is 3. The zero-order chi connectivity index (χ0) is 31.9. The van der Waals surface area contributed by atoms with Gasteiger partial charge in [-0.15, -0.1) is 0 Å². The number of amides is 1. The summed E-state index contributed by atoms with van der Waals surface area (Å²) in [6, 6.07) is 11.1. The Morgan fingerprint density at radius 2 is 1.87 bits per heavy atom. The van der Waals surface area contributed by atoms with Crippen LogP contribution in [0.15, 0.2) is 36.4 Å². The number of carbonyl (C=O) groups is 1. The summed E-state index contributed by atoms with van der Waals surface area (Å²) in [5.41, 5.74) is 1.85. The summed E-state index contributed by atoms with van der Waals surface area (Å²) < 4.78 is 41.1. The zero-order valence-corrected chi connectivity index (χ0v) is 27.1. The molecule has 3 aliphatic rings. The van der Waals surface area contributed by atoms with Crippen LogP contribution < -0.4 is 14.5 Å². The molecule has 4 heterocycles. The van der Waals surface area contributed by atoms with E-state index in [1.54, 1.807) is 25.7 Å². The Morgan fingerprint density at radius 1 is 1.09 bits per heavy atom. The molecule has 9 nitrogen and oxygen atoms in total. The maximum atomic E-state index is 14.7. The van der Waals surface area contributed by atoms with Crippen LogP contribution in [0, 0.1) is 0 Å². The van der Waals surface area contributed by atoms with Gasteiger partial charge in [0.15, 0.2) is 0 Å². The number of hydrogen-bond acceptors (Lipinski definition) is 8. The molecule has 2 aromatic carbocycles. The Hall–Kier alpha value is -3.44. The van der Waals surface area contributed by atoms with Crippen molar-refractivity contribution in [1.29, 1.82) is 0 Å². The molecule has 0 saturated carbocycles. The van der Waals surface area contributed by atoms with E-state index in [9.17, 15) is 13.6 Å². The van der Waals surface area contributed by atoms with Gasteiger partial charge in [0.2, 0.25) is 0 Å². The maximum Gasteiger partial charge on any atom is 0.410 e. The number of rotatable bonds is 6. The summed E-state index contributed by atoms with van der Waals surface area (Å²) in [5, 5.41) is 2.68. The minimum atomic E-state index is -2.71. The van der Waals surface area contributed by atoms with Crippen molar-refractivity contribution in [2.75, 3.05) is 56.2 Å². The van der Waals surface area contributed by atoms with Crippen LogP contribution in [0.25, 0.3) is 10.8 Å². The van der Waals surface area contributed by atoms with Gasteiger partial charge in [-0.2, -0.15) is 9.97 Å². The van der Waals surface area contributed by atoms with Crippen LogP contribution in [0.3, 0.4) is 0 Å². The number of aromatic nitrogens is 2. The van der Waals surface area contributed by atoms with Gasteiger partial charge in [-0.05, 0) is 71.1 Å². The molecule has 45 heavy (non-hydrogen) atoms. The van der Waals surface area contributed by atoms with E-state index < -0.39 is 24.2 Å². The fraction of sp³-hybridized carbons (Fsp3) is 0.545. The Kier molecular flexibility index (Phi) is 8.94. The molecule has 242 valence electrons. The van der Waals surface area contributed by atoms with E-state index in [0.717, 1.165) is 47.1 Å². The number of likely N-dealkylation sites (tertiary alicyclic amines) is 1. The van der Waals surface area contributed by atoms with Gasteiger partial charge >= 0.3 is 12.1 Å². The number of hydrogen-bond donors (Lipinski definition) is 0. The molecule has 0 spiro atoms. The first-order valence-electron chi connectivity index (χ1n) is 15.7. The van der Waals surface area contributed by atoms with Crippen LogP contribution in [0.2, 0.25) is 5.02 Å². The highest BCUT2D eigenvalue weighted by atomic mass is 35.5. The molecule has 1 aromatic heterocycles. The monoisotopic (exact) mass is 642 g/mol. The average Bonchev–Trinajstić information content (AvgIpc) is 3.42. The third-order valence-corrected chi connectivity index (χ3v) is 9.22. The topological polar surface area (TPSA) is 74.3 Å². The molecule has 3 aliphatic heterocycles. The van der Waals surface area contributed by atoms with Gasteiger partial charge in [0.1, 0.15) is 24.1 Å². The van der Waals surface area contributed by atoms with Crippen molar-refractivity contribution in [3.63, 3.8) is 0 Å². The van der Waals surface area contributed by atoms with E-state index in [1.807, 2.05) is 30.3 Å². The Morgan fingerprint density at radius 3 is 2.58 bits per heavy atom. The maximum absolute atomic E-state index is 14.7. The Bertz CT molecular complexity index is 1550. The van der Waals surface area contributed by atoms with Gasteiger partial charge in [0.25, 0.3) is 6.43 Å². The lowest BCUT2D eigenvalue weighted by Gasteiger charge is -2.43. The summed E-state index contributed by atoms with van der Waals surface area (Å²) >= 11 is 6.67. The fourth-order valence-electron chi connectivity index (χ4n) is 6.58. The molecule has 0 radical (unpaired) electrons. The minimum Gasteiger partial charge on any atom is -0.462 e. The predicted molar refractivity (Wildman–Crippen MR) is 172 cm³/mol. The molecule has 0 N–H and O–H groups in total. The number of carbonyl (C=O) groups excluding carboxylic acids is 1. The summed E-state index contributed by atoms with van der Waals surface area (Å²) in [7, 11) is 2.07. The molecular formula is C33H41ClF2N6O3. The number of nitrogens with zero attached hydrogens (tertiary/aromatic N) is 6. The standard InChI is InChI=1S/C33H41ClF2N6O3/c1-33(2,3)45-32(43)41-16-17-42(27(19-41)29(35)36)30-23-13-15-40(26-12-6-9-21-8-5-11-24(34)28(21)26)18-25(23)37-31(38-30)44-20-22-10-7-14-39(22)4/h5-6,8-9,11-12,22,27,29H,7,10,13-20H2,1-4H3/t22-,27+/m0/s1. The van der Waals surface area contributed by atoms with Gasteiger partial charge in [-0.1, -0.05) is 35.9 Å². The summed E-state index contributed by atoms with van der Waals surface area (Å²) in [6.07, 6.45) is -0.632. The van der Waals surface area contributed by atoms with Crippen LogP contribution in [0.5, 0.6) is 6.01 Å². The number of likely N-dealkylation sites (N-methyl/N-ethyl adjacent to an activating group) is 1. The fourth-order valence-corrected chi connectivity index (χ4v) is 6.86. The second-order valence-electron chi connectivity index (χ2n) is 13.2. The van der Waals surface area contributed by atoms with Gasteiger partial charge in [-0.3, -0.25) is 0 Å². The first kappa shape index (κ1) is 31.5. The van der Waals surface area contributed by atoms with Crippen LogP contribution in [-0.2, 0) is 17.7 Å². The van der Waals surface area contributed by atoms with Crippen molar-refractivity contribution in [3.05, 3.63) is 52.7 Å². The van der Waals surface area contributed by atoms with Crippen molar-refractivity contribution in [1.82, 2.24) is 19.8 Å². The molecule has 6 rings (SSSR count). The average molecular weight is 643 g/mol. The molecule has 0 bridgehead atoms. The lowest BCUT2D eigenvalue weighted by Crippen LogP contribution is -2.58. The molecule has 2 fully saturated rings. The Balaban J connectivity index is 1.34. The summed E-state index contributed by atoms with van der Waals surface area (Å²) in [5.74, 6) is 0.458. The van der Waals surface area contributed by atoms with E-state index in [-0.39, 0.29) is 31.7 Å². The number of anilines is 2. The minimum absolute atomic E-state index is 0.172. The quantitative estimate of drug-likeness (QED) is 0.324. The van der Waals surface area contributed by atoms with Gasteiger partial charge in [0, 0.05) is 42.3 Å². The van der Waals surface area contributed by atoms with E-state index in [4.69, 9.17) is 31.0 Å². The van der Waals surface area contributed by atoms with Crippen LogP contribution in [-0.4, -0.2) is 96.3 Å². The van der Waals surface area contributed by atoms with E-state index in [2.05, 4.69) is 22.9 Å². The second kappa shape index (κ2) is 12.7. The highest BCUT2D eigenvalue weighted by molar-refractivity contribution is 6.36. The van der Waals surface area contributed by atoms with Crippen molar-refractivity contribution < 1.29 is 23.0 Å². The smallest absolute Gasteiger partial charge is 0.410 e. The Labute approximate surface area is 268 Å². The van der Waals surface area contributed by atoms with E-state index in [0.29, 0.717) is 37.0 Å². The number of fused-ring (bicyclic) bond motifs is 2. The predicted octanol–water partition coefficient (Wildman–Crippen LogP) is 6.01. The molecular weight excluding hydrogens is 602 g/mol. The molecule has 3 aromatic rings. The number of ether oxygens (including phenoxy) is 2. The molecule has 12 heteroatoms. The number of piperazine rings is 1. The largest absolute Gasteiger partial charge is 0.462 e. The van der Waals surface area contributed by atoms with Crippen molar-refractivity contribution >= 4 is 40.0 Å². The van der Waals surface area contributed by atoms with Gasteiger partial charge in [-0.25, -0.2) is 13.6 Å². The zero-order valence-electron chi connectivity index (χ0n) is 26.3. The molecule has 2 atom stereocenters. The SMILES string of the molecule is CN1CCC[C@H]1COc1nc2c(c(N3CCN(C(=O)OC(C)(C)C)C[C@@H]3C(F)F)n1)CCN(c1cccc3cccc(Cl)c13)C2. The summed E-state index contributed by atoms with van der Waals surface area (Å²) in [4.78, 5) is 30.0. The third kappa shape index (κ3) is 6.74. The van der Waals surface area contributed by atoms with Crippen molar-refractivity contribution in [3.8, 4) is 6.01 Å². The van der Waals surface area contributed by atoms with Crippen LogP contribution >= 0.6 is 11.6 Å². The molecule has 0 aliphatic carbocycles. The van der Waals surface area contributed by atoms with Crippen LogP contribution in [0.1, 0.15) is 44.9 Å². The molecule has 1 amide bonds. The highest BCUT2D eigenvalue weighted by Crippen LogP contribution is 2.38. The highest BCUT2D eigenvalue weighted by Gasteiger charge is 2.40. The third-order valence-electron chi connectivity index (χ3n) is 8.90. The summed E-state index contributed by atoms with van der Waals surface area (Å²) in [6.45, 7) is 8.05. The number of alkyl halides is 2. The second-order valence-corrected chi connectivity index (χ2v) is 13.6. The van der Waals surface area contributed by atoms with Crippen molar-refractivity contribution in [2.45, 2.75) is 70.7 Å². The van der Waals surface area contributed by atoms with Crippen LogP contribution in [0.4, 0.5) is 25.1 Å². The van der Waals surface area contributed by atoms with Crippen molar-refractivity contribution in [2.24, 2.45) is 0 Å². The van der Waals surface area contributed by atoms with Gasteiger partial charge < -0.3 is 29.1 Å². The lowest BCUT2D eigenvalue weighted by molar-refractivity contribution is 0.0119. The normalized spacial score (nSPS) is 21.0. The lowest BCUT2D eigenvalue weighted by atomic mass is 10.0. The molecule has 2 saturated heterocycles.